The zero-order chi connectivity index (χ0) is 18.4. The Morgan fingerprint density at radius 2 is 1.17 bits per heavy atom. The van der Waals surface area contributed by atoms with Gasteiger partial charge in [0, 0.05) is 24.2 Å². The average molecular weight is 332 g/mol. The monoisotopic (exact) mass is 332 g/mol. The lowest BCUT2D eigenvalue weighted by Gasteiger charge is -2.18. The van der Waals surface area contributed by atoms with Gasteiger partial charge in [-0.1, -0.05) is 47.6 Å². The summed E-state index contributed by atoms with van der Waals surface area (Å²) in [6.45, 7) is 14.1. The molecule has 0 bridgehead atoms. The zero-order valence-corrected chi connectivity index (χ0v) is 16.0. The Morgan fingerprint density at radius 1 is 0.792 bits per heavy atom. The van der Waals surface area contributed by atoms with Gasteiger partial charge in [0.2, 0.25) is 0 Å². The van der Waals surface area contributed by atoms with Gasteiger partial charge >= 0.3 is 0 Å². The normalized spacial score (nSPS) is 11.9. The van der Waals surface area contributed by atoms with Gasteiger partial charge in [-0.15, -0.1) is 0 Å². The smallest absolute Gasteiger partial charge is 0.251 e. The molecule has 1 aromatic rings. The molecule has 0 spiro atoms. The van der Waals surface area contributed by atoms with Crippen LogP contribution in [0.25, 0.3) is 0 Å². The minimum absolute atomic E-state index is 0.136. The molecule has 2 N–H and O–H groups in total. The molecular formula is C20H32N2O2. The van der Waals surface area contributed by atoms with Crippen LogP contribution in [0.4, 0.5) is 0 Å². The van der Waals surface area contributed by atoms with Gasteiger partial charge < -0.3 is 10.6 Å². The SMILES string of the molecule is CC(C)(C)CCNC(=O)c1cccc(C(=O)NCCC(C)(C)C)c1. The molecule has 0 fully saturated rings. The molecule has 0 aliphatic carbocycles. The van der Waals surface area contributed by atoms with Crippen molar-refractivity contribution >= 4 is 11.8 Å². The Bertz CT molecular complexity index is 518. The maximum Gasteiger partial charge on any atom is 0.251 e. The van der Waals surface area contributed by atoms with Crippen LogP contribution in [-0.2, 0) is 0 Å². The van der Waals surface area contributed by atoms with Crippen molar-refractivity contribution in [3.63, 3.8) is 0 Å². The Labute approximate surface area is 146 Å². The topological polar surface area (TPSA) is 58.2 Å². The van der Waals surface area contributed by atoms with Crippen molar-refractivity contribution in [3.05, 3.63) is 35.4 Å². The molecule has 0 aliphatic rings. The second-order valence-corrected chi connectivity index (χ2v) is 8.71. The molecule has 0 saturated carbocycles. The largest absolute Gasteiger partial charge is 0.352 e. The summed E-state index contributed by atoms with van der Waals surface area (Å²) in [4.78, 5) is 24.4. The van der Waals surface area contributed by atoms with Crippen molar-refractivity contribution in [1.29, 1.82) is 0 Å². The molecule has 2 amide bonds. The summed E-state index contributed by atoms with van der Waals surface area (Å²) in [5, 5.41) is 5.83. The molecule has 1 aromatic carbocycles. The molecule has 0 unspecified atom stereocenters. The highest BCUT2D eigenvalue weighted by Gasteiger charge is 2.14. The molecular weight excluding hydrogens is 300 g/mol. The van der Waals surface area contributed by atoms with E-state index in [4.69, 9.17) is 0 Å². The van der Waals surface area contributed by atoms with Crippen molar-refractivity contribution in [2.24, 2.45) is 10.8 Å². The molecule has 24 heavy (non-hydrogen) atoms. The lowest BCUT2D eigenvalue weighted by molar-refractivity contribution is 0.0948. The van der Waals surface area contributed by atoms with Gasteiger partial charge in [0.1, 0.15) is 0 Å². The van der Waals surface area contributed by atoms with Crippen LogP contribution in [0.1, 0.15) is 75.1 Å². The molecule has 4 nitrogen and oxygen atoms in total. The second-order valence-electron chi connectivity index (χ2n) is 8.71. The molecule has 1 rings (SSSR count). The lowest BCUT2D eigenvalue weighted by Crippen LogP contribution is -2.29. The fraction of sp³-hybridized carbons (Fsp3) is 0.600. The summed E-state index contributed by atoms with van der Waals surface area (Å²) in [5.41, 5.74) is 1.41. The first-order chi connectivity index (χ1) is 11.0. The molecule has 0 radical (unpaired) electrons. The maximum absolute atomic E-state index is 12.2. The van der Waals surface area contributed by atoms with E-state index in [1.807, 2.05) is 0 Å². The van der Waals surface area contributed by atoms with Gasteiger partial charge in [0.25, 0.3) is 11.8 Å². The van der Waals surface area contributed by atoms with Crippen LogP contribution in [0, 0.1) is 10.8 Å². The van der Waals surface area contributed by atoms with Crippen LogP contribution < -0.4 is 10.6 Å². The van der Waals surface area contributed by atoms with Crippen LogP contribution in [0.3, 0.4) is 0 Å². The van der Waals surface area contributed by atoms with E-state index in [0.717, 1.165) is 12.8 Å². The van der Waals surface area contributed by atoms with Crippen molar-refractivity contribution in [2.75, 3.05) is 13.1 Å². The molecule has 0 saturated heterocycles. The van der Waals surface area contributed by atoms with Gasteiger partial charge in [-0.05, 0) is 41.9 Å². The number of carbonyl (C=O) groups excluding carboxylic acids is 2. The average Bonchev–Trinajstić information content (AvgIpc) is 2.44. The van der Waals surface area contributed by atoms with E-state index < -0.39 is 0 Å². The standard InChI is InChI=1S/C20H32N2O2/c1-19(2,3)10-12-21-17(23)15-8-7-9-16(14-15)18(24)22-13-11-20(4,5)6/h7-9,14H,10-13H2,1-6H3,(H,21,23)(H,22,24). The summed E-state index contributed by atoms with van der Waals surface area (Å²) in [6, 6.07) is 6.87. The Balaban J connectivity index is 2.59. The molecule has 0 aromatic heterocycles. The molecule has 0 atom stereocenters. The number of hydrogen-bond donors (Lipinski definition) is 2. The van der Waals surface area contributed by atoms with Crippen molar-refractivity contribution < 1.29 is 9.59 Å². The van der Waals surface area contributed by atoms with Crippen molar-refractivity contribution in [3.8, 4) is 0 Å². The van der Waals surface area contributed by atoms with Crippen LogP contribution in [0.15, 0.2) is 24.3 Å². The molecule has 134 valence electrons. The lowest BCUT2D eigenvalue weighted by atomic mass is 9.92. The Kier molecular flexibility index (Phi) is 7.00. The van der Waals surface area contributed by atoms with Crippen LogP contribution in [0.2, 0.25) is 0 Å². The zero-order valence-electron chi connectivity index (χ0n) is 16.0. The number of nitrogens with one attached hydrogen (secondary N) is 2. The first kappa shape index (κ1) is 20.2. The van der Waals surface area contributed by atoms with E-state index in [1.165, 1.54) is 0 Å². The summed E-state index contributed by atoms with van der Waals surface area (Å²) >= 11 is 0. The van der Waals surface area contributed by atoms with Crippen LogP contribution in [0.5, 0.6) is 0 Å². The van der Waals surface area contributed by atoms with Crippen molar-refractivity contribution in [1.82, 2.24) is 10.6 Å². The Hall–Kier alpha value is -1.84. The number of amides is 2. The first-order valence-corrected chi connectivity index (χ1v) is 8.64. The second kappa shape index (κ2) is 8.32. The van der Waals surface area contributed by atoms with E-state index in [-0.39, 0.29) is 22.6 Å². The molecule has 4 heteroatoms. The third kappa shape index (κ3) is 8.14. The summed E-state index contributed by atoms with van der Waals surface area (Å²) in [5.74, 6) is -0.271. The highest BCUT2D eigenvalue weighted by atomic mass is 16.2. The van der Waals surface area contributed by atoms with Gasteiger partial charge in [-0.3, -0.25) is 9.59 Å². The quantitative estimate of drug-likeness (QED) is 0.826. The maximum atomic E-state index is 12.2. The van der Waals surface area contributed by atoms with E-state index in [0.29, 0.717) is 24.2 Å². The van der Waals surface area contributed by atoms with E-state index in [1.54, 1.807) is 24.3 Å². The number of carbonyl (C=O) groups is 2. The van der Waals surface area contributed by atoms with Gasteiger partial charge in [0.15, 0.2) is 0 Å². The fourth-order valence-corrected chi connectivity index (χ4v) is 2.11. The third-order valence-corrected chi connectivity index (χ3v) is 3.71. The third-order valence-electron chi connectivity index (χ3n) is 3.71. The summed E-state index contributed by atoms with van der Waals surface area (Å²) < 4.78 is 0. The van der Waals surface area contributed by atoms with E-state index >= 15 is 0 Å². The van der Waals surface area contributed by atoms with Crippen LogP contribution >= 0.6 is 0 Å². The highest BCUT2D eigenvalue weighted by Crippen LogP contribution is 2.18. The molecule has 0 heterocycles. The number of benzene rings is 1. The number of hydrogen-bond acceptors (Lipinski definition) is 2. The van der Waals surface area contributed by atoms with Crippen LogP contribution in [-0.4, -0.2) is 24.9 Å². The highest BCUT2D eigenvalue weighted by molar-refractivity contribution is 5.99. The predicted octanol–water partition coefficient (Wildman–Crippen LogP) is 4.02. The minimum Gasteiger partial charge on any atom is -0.352 e. The summed E-state index contributed by atoms with van der Waals surface area (Å²) in [7, 11) is 0. The Morgan fingerprint density at radius 3 is 1.50 bits per heavy atom. The number of rotatable bonds is 6. The van der Waals surface area contributed by atoms with Gasteiger partial charge in [-0.25, -0.2) is 0 Å². The van der Waals surface area contributed by atoms with Gasteiger partial charge in [-0.2, -0.15) is 0 Å². The summed E-state index contributed by atoms with van der Waals surface area (Å²) in [6.07, 6.45) is 1.82. The fourth-order valence-electron chi connectivity index (χ4n) is 2.11. The minimum atomic E-state index is -0.136. The molecule has 0 aliphatic heterocycles. The van der Waals surface area contributed by atoms with Gasteiger partial charge in [0.05, 0.1) is 0 Å². The first-order valence-electron chi connectivity index (χ1n) is 8.64. The van der Waals surface area contributed by atoms with E-state index in [9.17, 15) is 9.59 Å². The predicted molar refractivity (Wildman–Crippen MR) is 99.3 cm³/mol. The van der Waals surface area contributed by atoms with Crippen molar-refractivity contribution in [2.45, 2.75) is 54.4 Å². The van der Waals surface area contributed by atoms with E-state index in [2.05, 4.69) is 52.2 Å².